The Bertz CT molecular complexity index is 878. The largest absolute Gasteiger partial charge is 0.478 e. The number of aromatic nitrogens is 2. The van der Waals surface area contributed by atoms with E-state index in [2.05, 4.69) is 15.3 Å². The summed E-state index contributed by atoms with van der Waals surface area (Å²) in [5.41, 5.74) is 8.69. The third kappa shape index (κ3) is 3.04. The third-order valence-corrected chi connectivity index (χ3v) is 3.92. The summed E-state index contributed by atoms with van der Waals surface area (Å²) >= 11 is 0. The second kappa shape index (κ2) is 6.64. The number of carbonyl (C=O) groups is 1. The summed E-state index contributed by atoms with van der Waals surface area (Å²) in [6.45, 7) is 2.41. The first-order valence-corrected chi connectivity index (χ1v) is 7.60. The number of carboxylic acid groups (broad SMARTS) is 1. The molecule has 0 saturated heterocycles. The Kier molecular flexibility index (Phi) is 4.39. The molecule has 0 fully saturated rings. The van der Waals surface area contributed by atoms with Crippen molar-refractivity contribution in [3.05, 3.63) is 65.5 Å². The molecule has 3 aromatic rings. The molecule has 0 radical (unpaired) electrons. The van der Waals surface area contributed by atoms with E-state index >= 15 is 0 Å². The number of hydrogen-bond donors (Lipinski definition) is 3. The Morgan fingerprint density at radius 3 is 2.62 bits per heavy atom. The van der Waals surface area contributed by atoms with Crippen molar-refractivity contribution in [1.82, 2.24) is 9.97 Å². The fourth-order valence-corrected chi connectivity index (χ4v) is 2.62. The van der Waals surface area contributed by atoms with Gasteiger partial charge in [0.15, 0.2) is 0 Å². The van der Waals surface area contributed by atoms with Crippen LogP contribution in [0.1, 0.15) is 27.5 Å². The quantitative estimate of drug-likeness (QED) is 0.667. The molecule has 6 nitrogen and oxygen atoms in total. The number of nitrogens with two attached hydrogens (primary N) is 1. The van der Waals surface area contributed by atoms with Gasteiger partial charge in [0.2, 0.25) is 0 Å². The van der Waals surface area contributed by atoms with Gasteiger partial charge in [-0.25, -0.2) is 14.8 Å². The van der Waals surface area contributed by atoms with Crippen molar-refractivity contribution in [3.63, 3.8) is 0 Å². The van der Waals surface area contributed by atoms with Gasteiger partial charge in [-0.2, -0.15) is 0 Å². The third-order valence-electron chi connectivity index (χ3n) is 3.92. The highest BCUT2D eigenvalue weighted by Gasteiger charge is 2.15. The molecular formula is C18H18N4O2. The summed E-state index contributed by atoms with van der Waals surface area (Å²) in [6, 6.07) is 13.0. The predicted molar refractivity (Wildman–Crippen MR) is 93.1 cm³/mol. The number of carboxylic acids is 1. The highest BCUT2D eigenvalue weighted by molar-refractivity contribution is 6.04. The van der Waals surface area contributed by atoms with Gasteiger partial charge in [-0.3, -0.25) is 0 Å². The lowest BCUT2D eigenvalue weighted by Gasteiger charge is -2.19. The number of benzene rings is 2. The Hall–Kier alpha value is -2.99. The lowest BCUT2D eigenvalue weighted by atomic mass is 10.0. The maximum absolute atomic E-state index is 11.4. The van der Waals surface area contributed by atoms with Gasteiger partial charge in [0, 0.05) is 11.9 Å². The Balaban J connectivity index is 2.01. The molecule has 122 valence electrons. The Morgan fingerprint density at radius 1 is 1.21 bits per heavy atom. The van der Waals surface area contributed by atoms with Crippen LogP contribution in [0.2, 0.25) is 0 Å². The molecule has 1 heterocycles. The summed E-state index contributed by atoms with van der Waals surface area (Å²) in [5, 5.41) is 13.3. The monoisotopic (exact) mass is 322 g/mol. The van der Waals surface area contributed by atoms with Crippen LogP contribution in [0.25, 0.3) is 10.9 Å². The molecular weight excluding hydrogens is 304 g/mol. The van der Waals surface area contributed by atoms with E-state index in [1.165, 1.54) is 18.0 Å². The zero-order chi connectivity index (χ0) is 17.1. The van der Waals surface area contributed by atoms with Gasteiger partial charge in [-0.05, 0) is 24.6 Å². The Morgan fingerprint density at radius 2 is 1.96 bits per heavy atom. The molecule has 1 unspecified atom stereocenters. The van der Waals surface area contributed by atoms with Crippen LogP contribution in [0.4, 0.5) is 5.82 Å². The fourth-order valence-electron chi connectivity index (χ4n) is 2.62. The smallest absolute Gasteiger partial charge is 0.337 e. The van der Waals surface area contributed by atoms with Crippen molar-refractivity contribution in [3.8, 4) is 0 Å². The van der Waals surface area contributed by atoms with E-state index < -0.39 is 5.97 Å². The molecule has 24 heavy (non-hydrogen) atoms. The minimum Gasteiger partial charge on any atom is -0.478 e. The fraction of sp³-hybridized carbons (Fsp3) is 0.167. The summed E-state index contributed by atoms with van der Waals surface area (Å²) < 4.78 is 0. The van der Waals surface area contributed by atoms with Crippen LogP contribution in [0.5, 0.6) is 0 Å². The zero-order valence-electron chi connectivity index (χ0n) is 13.2. The van der Waals surface area contributed by atoms with Gasteiger partial charge in [-0.1, -0.05) is 35.9 Å². The average Bonchev–Trinajstić information content (AvgIpc) is 2.60. The number of rotatable bonds is 5. The number of anilines is 1. The standard InChI is InChI=1S/C18H18N4O2/c1-11-5-7-12(8-6-11)15(9-19)22-17-13-3-2-4-14(18(23)24)16(13)20-10-21-17/h2-8,10,15H,9,19H2,1H3,(H,23,24)(H,20,21,22). The summed E-state index contributed by atoms with van der Waals surface area (Å²) in [7, 11) is 0. The van der Waals surface area contributed by atoms with Crippen LogP contribution in [0, 0.1) is 6.92 Å². The van der Waals surface area contributed by atoms with E-state index in [-0.39, 0.29) is 11.6 Å². The van der Waals surface area contributed by atoms with Crippen LogP contribution < -0.4 is 11.1 Å². The lowest BCUT2D eigenvalue weighted by molar-refractivity contribution is 0.0699. The molecule has 0 saturated carbocycles. The molecule has 0 aliphatic carbocycles. The molecule has 4 N–H and O–H groups in total. The van der Waals surface area contributed by atoms with Gasteiger partial charge in [0.05, 0.1) is 17.1 Å². The first-order valence-electron chi connectivity index (χ1n) is 7.60. The van der Waals surface area contributed by atoms with E-state index in [4.69, 9.17) is 5.73 Å². The number of aryl methyl sites for hydroxylation is 1. The SMILES string of the molecule is Cc1ccc(C(CN)Nc2ncnc3c(C(=O)O)cccc23)cc1. The molecule has 0 bridgehead atoms. The highest BCUT2D eigenvalue weighted by atomic mass is 16.4. The maximum atomic E-state index is 11.4. The van der Waals surface area contributed by atoms with E-state index in [1.54, 1.807) is 12.1 Å². The van der Waals surface area contributed by atoms with E-state index in [1.807, 2.05) is 31.2 Å². The second-order valence-electron chi connectivity index (χ2n) is 5.57. The van der Waals surface area contributed by atoms with E-state index in [0.29, 0.717) is 23.3 Å². The van der Waals surface area contributed by atoms with Crippen molar-refractivity contribution in [2.75, 3.05) is 11.9 Å². The molecule has 0 amide bonds. The molecule has 0 aliphatic heterocycles. The number of aromatic carboxylic acids is 1. The van der Waals surface area contributed by atoms with Gasteiger partial charge in [0.25, 0.3) is 0 Å². The predicted octanol–water partition coefficient (Wildman–Crippen LogP) is 2.75. The van der Waals surface area contributed by atoms with Crippen molar-refractivity contribution in [2.45, 2.75) is 13.0 Å². The van der Waals surface area contributed by atoms with Crippen molar-refractivity contribution in [1.29, 1.82) is 0 Å². The van der Waals surface area contributed by atoms with Crippen LogP contribution in [-0.2, 0) is 0 Å². The van der Waals surface area contributed by atoms with Gasteiger partial charge >= 0.3 is 5.97 Å². The minimum atomic E-state index is -1.01. The summed E-state index contributed by atoms with van der Waals surface area (Å²) in [4.78, 5) is 19.7. The molecule has 1 atom stereocenters. The number of hydrogen-bond acceptors (Lipinski definition) is 5. The molecule has 3 rings (SSSR count). The minimum absolute atomic E-state index is 0.128. The lowest BCUT2D eigenvalue weighted by Crippen LogP contribution is -2.21. The van der Waals surface area contributed by atoms with Crippen LogP contribution >= 0.6 is 0 Å². The molecule has 0 spiro atoms. The topological polar surface area (TPSA) is 101 Å². The van der Waals surface area contributed by atoms with Gasteiger partial charge < -0.3 is 16.2 Å². The zero-order valence-corrected chi connectivity index (χ0v) is 13.2. The van der Waals surface area contributed by atoms with Gasteiger partial charge in [0.1, 0.15) is 12.1 Å². The van der Waals surface area contributed by atoms with Gasteiger partial charge in [-0.15, -0.1) is 0 Å². The molecule has 6 heteroatoms. The first kappa shape index (κ1) is 15.9. The summed E-state index contributed by atoms with van der Waals surface area (Å²) in [6.07, 6.45) is 1.36. The molecule has 1 aromatic heterocycles. The van der Waals surface area contributed by atoms with Crippen LogP contribution in [0.3, 0.4) is 0 Å². The Labute approximate surface area is 139 Å². The normalized spacial score (nSPS) is 12.1. The number of nitrogens with one attached hydrogen (secondary N) is 1. The molecule has 2 aromatic carbocycles. The van der Waals surface area contributed by atoms with E-state index in [9.17, 15) is 9.90 Å². The van der Waals surface area contributed by atoms with Crippen molar-refractivity contribution < 1.29 is 9.90 Å². The van der Waals surface area contributed by atoms with Crippen molar-refractivity contribution >= 4 is 22.7 Å². The first-order chi connectivity index (χ1) is 11.6. The average molecular weight is 322 g/mol. The number of nitrogens with zero attached hydrogens (tertiary/aromatic N) is 2. The van der Waals surface area contributed by atoms with E-state index in [0.717, 1.165) is 5.56 Å². The van der Waals surface area contributed by atoms with Crippen LogP contribution in [0.15, 0.2) is 48.8 Å². The highest BCUT2D eigenvalue weighted by Crippen LogP contribution is 2.26. The number of fused-ring (bicyclic) bond motifs is 1. The second-order valence-corrected chi connectivity index (χ2v) is 5.57. The summed E-state index contributed by atoms with van der Waals surface area (Å²) in [5.74, 6) is -0.446. The maximum Gasteiger partial charge on any atom is 0.337 e. The van der Waals surface area contributed by atoms with Crippen molar-refractivity contribution in [2.24, 2.45) is 5.73 Å². The molecule has 0 aliphatic rings. The van der Waals surface area contributed by atoms with Crippen LogP contribution in [-0.4, -0.2) is 27.6 Å². The number of para-hydroxylation sites is 1.